The van der Waals surface area contributed by atoms with Crippen LogP contribution in [0.2, 0.25) is 0 Å². The van der Waals surface area contributed by atoms with E-state index in [2.05, 4.69) is 17.1 Å². The summed E-state index contributed by atoms with van der Waals surface area (Å²) in [4.78, 5) is 20.1. The summed E-state index contributed by atoms with van der Waals surface area (Å²) in [6, 6.07) is 21.4. The normalized spacial score (nSPS) is 19.0. The molecule has 3 aromatic rings. The molecule has 144 valence electrons. The molecular formula is C23H20N4OS. The Morgan fingerprint density at radius 2 is 1.93 bits per heavy atom. The maximum absolute atomic E-state index is 13.0. The number of hydrogen-bond donors (Lipinski definition) is 1. The van der Waals surface area contributed by atoms with Crippen LogP contribution < -0.4 is 5.73 Å². The number of amides is 1. The van der Waals surface area contributed by atoms with Gasteiger partial charge in [-0.2, -0.15) is 5.26 Å². The van der Waals surface area contributed by atoms with Crippen LogP contribution in [-0.4, -0.2) is 23.8 Å². The molecule has 0 spiro atoms. The Morgan fingerprint density at radius 3 is 2.69 bits per heavy atom. The summed E-state index contributed by atoms with van der Waals surface area (Å²) in [6.45, 7) is 0. The summed E-state index contributed by atoms with van der Waals surface area (Å²) in [5.74, 6) is -0.0924. The first-order valence-electron chi connectivity index (χ1n) is 9.30. The molecule has 6 heteroatoms. The summed E-state index contributed by atoms with van der Waals surface area (Å²) in [5, 5.41) is 11.2. The van der Waals surface area contributed by atoms with Gasteiger partial charge in [0.15, 0.2) is 5.96 Å². The molecule has 4 rings (SSSR count). The number of guanidine groups is 1. The van der Waals surface area contributed by atoms with E-state index < -0.39 is 0 Å². The highest BCUT2D eigenvalue weighted by atomic mass is 32.1. The maximum atomic E-state index is 13.0. The molecule has 0 fully saturated rings. The van der Waals surface area contributed by atoms with Crippen molar-refractivity contribution in [2.45, 2.75) is 12.5 Å². The quantitative estimate of drug-likeness (QED) is 0.719. The van der Waals surface area contributed by atoms with E-state index in [-0.39, 0.29) is 23.8 Å². The lowest BCUT2D eigenvalue weighted by Gasteiger charge is -2.32. The Kier molecular flexibility index (Phi) is 5.15. The number of carbonyl (C=O) groups excluding carboxylic acids is 1. The molecule has 2 atom stereocenters. The van der Waals surface area contributed by atoms with Crippen molar-refractivity contribution in [1.29, 1.82) is 5.26 Å². The fourth-order valence-corrected chi connectivity index (χ4v) is 4.59. The Balaban J connectivity index is 1.70. The zero-order chi connectivity index (χ0) is 20.4. The molecule has 2 N–H and O–H groups in total. The van der Waals surface area contributed by atoms with Crippen LogP contribution in [0.5, 0.6) is 0 Å². The van der Waals surface area contributed by atoms with Crippen LogP contribution in [0.25, 0.3) is 11.1 Å². The Hall–Kier alpha value is -3.43. The molecule has 1 aromatic heterocycles. The van der Waals surface area contributed by atoms with Crippen molar-refractivity contribution in [2.75, 3.05) is 7.05 Å². The minimum absolute atomic E-state index is 0.0206. The fraction of sp³-hybridized carbons (Fsp3) is 0.174. The van der Waals surface area contributed by atoms with E-state index in [4.69, 9.17) is 11.0 Å². The summed E-state index contributed by atoms with van der Waals surface area (Å²) < 4.78 is 0. The number of carbonyl (C=O) groups is 1. The van der Waals surface area contributed by atoms with Crippen molar-refractivity contribution in [1.82, 2.24) is 4.90 Å². The van der Waals surface area contributed by atoms with Gasteiger partial charge in [0.1, 0.15) is 0 Å². The number of benzene rings is 2. The second-order valence-electron chi connectivity index (χ2n) is 7.06. The van der Waals surface area contributed by atoms with Crippen molar-refractivity contribution in [2.24, 2.45) is 16.6 Å². The van der Waals surface area contributed by atoms with Gasteiger partial charge in [-0.15, -0.1) is 11.3 Å². The van der Waals surface area contributed by atoms with Crippen molar-refractivity contribution >= 4 is 23.2 Å². The van der Waals surface area contributed by atoms with E-state index >= 15 is 0 Å². The van der Waals surface area contributed by atoms with Crippen LogP contribution in [0.3, 0.4) is 0 Å². The molecule has 0 saturated carbocycles. The number of aliphatic imine (C=N–C) groups is 1. The van der Waals surface area contributed by atoms with Crippen molar-refractivity contribution in [3.8, 4) is 17.2 Å². The van der Waals surface area contributed by atoms with Crippen LogP contribution in [0, 0.1) is 17.2 Å². The van der Waals surface area contributed by atoms with E-state index in [0.717, 1.165) is 21.6 Å². The van der Waals surface area contributed by atoms with Crippen LogP contribution in [0.4, 0.5) is 0 Å². The topological polar surface area (TPSA) is 82.5 Å². The highest BCUT2D eigenvalue weighted by Crippen LogP contribution is 2.38. The van der Waals surface area contributed by atoms with Gasteiger partial charge in [0, 0.05) is 11.9 Å². The predicted molar refractivity (Wildman–Crippen MR) is 115 cm³/mol. The highest BCUT2D eigenvalue weighted by molar-refractivity contribution is 7.10. The second-order valence-corrected chi connectivity index (χ2v) is 8.00. The standard InChI is InChI=1S/C23H20N4OS/c1-27-22(28)19(11-15-6-3-2-4-7-15)21(26-23(27)25)20-12-18(14-29-20)17-9-5-8-16(10-17)13-24/h2-10,12,14,19,21H,11H2,1H3,(H2,25,26)/t19-,21+/m1/s1. The summed E-state index contributed by atoms with van der Waals surface area (Å²) in [6.07, 6.45) is 0.600. The van der Waals surface area contributed by atoms with Crippen LogP contribution in [-0.2, 0) is 11.2 Å². The third-order valence-corrected chi connectivity index (χ3v) is 6.18. The predicted octanol–water partition coefficient (Wildman–Crippen LogP) is 3.97. The van der Waals surface area contributed by atoms with Gasteiger partial charge >= 0.3 is 0 Å². The number of nitrogens with zero attached hydrogens (tertiary/aromatic N) is 3. The number of hydrogen-bond acceptors (Lipinski definition) is 5. The van der Waals surface area contributed by atoms with Gasteiger partial charge in [-0.25, -0.2) is 4.99 Å². The largest absolute Gasteiger partial charge is 0.369 e. The van der Waals surface area contributed by atoms with Crippen molar-refractivity contribution in [3.63, 3.8) is 0 Å². The van der Waals surface area contributed by atoms with Crippen molar-refractivity contribution in [3.05, 3.63) is 82.0 Å². The van der Waals surface area contributed by atoms with E-state index in [1.807, 2.05) is 53.9 Å². The molecule has 0 unspecified atom stereocenters. The summed E-state index contributed by atoms with van der Waals surface area (Å²) in [5.41, 5.74) is 9.74. The van der Waals surface area contributed by atoms with Gasteiger partial charge in [-0.1, -0.05) is 42.5 Å². The van der Waals surface area contributed by atoms with E-state index in [1.165, 1.54) is 4.90 Å². The Bertz CT molecular complexity index is 1110. The first kappa shape index (κ1) is 18.9. The number of nitriles is 1. The molecule has 0 bridgehead atoms. The van der Waals surface area contributed by atoms with Crippen LogP contribution >= 0.6 is 11.3 Å². The third-order valence-electron chi connectivity index (χ3n) is 5.18. The summed E-state index contributed by atoms with van der Waals surface area (Å²) >= 11 is 1.57. The molecule has 1 aliphatic heterocycles. The Morgan fingerprint density at radius 1 is 1.14 bits per heavy atom. The zero-order valence-electron chi connectivity index (χ0n) is 15.9. The SMILES string of the molecule is CN1C(=O)[C@H](Cc2ccccc2)[C@@H](c2cc(-c3cccc(C#N)c3)cs2)N=C1N. The lowest BCUT2D eigenvalue weighted by molar-refractivity contribution is -0.132. The molecule has 1 aliphatic rings. The van der Waals surface area contributed by atoms with E-state index in [1.54, 1.807) is 24.5 Å². The fourth-order valence-electron chi connectivity index (χ4n) is 3.57. The minimum atomic E-state index is -0.322. The molecule has 0 aliphatic carbocycles. The minimum Gasteiger partial charge on any atom is -0.369 e. The average molecular weight is 401 g/mol. The third kappa shape index (κ3) is 3.78. The molecule has 2 heterocycles. The summed E-state index contributed by atoms with van der Waals surface area (Å²) in [7, 11) is 1.67. The monoisotopic (exact) mass is 400 g/mol. The lowest BCUT2D eigenvalue weighted by Crippen LogP contribution is -2.48. The zero-order valence-corrected chi connectivity index (χ0v) is 16.8. The molecule has 0 saturated heterocycles. The lowest BCUT2D eigenvalue weighted by atomic mass is 9.88. The highest BCUT2D eigenvalue weighted by Gasteiger charge is 2.37. The first-order valence-corrected chi connectivity index (χ1v) is 10.2. The van der Waals surface area contributed by atoms with Crippen LogP contribution in [0.15, 0.2) is 71.0 Å². The Labute approximate surface area is 173 Å². The first-order chi connectivity index (χ1) is 14.1. The van der Waals surface area contributed by atoms with Crippen molar-refractivity contribution < 1.29 is 4.79 Å². The molecule has 29 heavy (non-hydrogen) atoms. The van der Waals surface area contributed by atoms with E-state index in [9.17, 15) is 4.79 Å². The van der Waals surface area contributed by atoms with Gasteiger partial charge < -0.3 is 5.73 Å². The number of thiophene rings is 1. The molecule has 5 nitrogen and oxygen atoms in total. The number of nitrogens with two attached hydrogens (primary N) is 1. The van der Waals surface area contributed by atoms with Gasteiger partial charge in [0.05, 0.1) is 23.6 Å². The molecule has 2 aromatic carbocycles. The maximum Gasteiger partial charge on any atom is 0.235 e. The van der Waals surface area contributed by atoms with E-state index in [0.29, 0.717) is 12.0 Å². The molecule has 0 radical (unpaired) electrons. The molecular weight excluding hydrogens is 380 g/mol. The number of rotatable bonds is 4. The average Bonchev–Trinajstić information content (AvgIpc) is 3.25. The van der Waals surface area contributed by atoms with Gasteiger partial charge in [0.25, 0.3) is 0 Å². The smallest absolute Gasteiger partial charge is 0.235 e. The molecule has 1 amide bonds. The van der Waals surface area contributed by atoms with Gasteiger partial charge in [-0.3, -0.25) is 9.69 Å². The van der Waals surface area contributed by atoms with Gasteiger partial charge in [0.2, 0.25) is 5.91 Å². The van der Waals surface area contributed by atoms with Crippen LogP contribution in [0.1, 0.15) is 22.0 Å². The second kappa shape index (κ2) is 7.90. The van der Waals surface area contributed by atoms with Gasteiger partial charge in [-0.05, 0) is 46.7 Å².